The molecule has 0 aromatic rings. The van der Waals surface area contributed by atoms with Gasteiger partial charge in [-0.3, -0.25) is 4.79 Å². The van der Waals surface area contributed by atoms with E-state index in [1.165, 1.54) is 26.2 Å². The summed E-state index contributed by atoms with van der Waals surface area (Å²) in [5.41, 5.74) is 0. The van der Waals surface area contributed by atoms with E-state index in [1.807, 2.05) is 0 Å². The maximum absolute atomic E-state index is 11.0. The first-order chi connectivity index (χ1) is 22.6. The highest BCUT2D eigenvalue weighted by molar-refractivity contribution is 5.65. The average Bonchev–Trinajstić information content (AvgIpc) is 3.38. The Morgan fingerprint density at radius 3 is 2.09 bits per heavy atom. The lowest BCUT2D eigenvalue weighted by atomic mass is 9.89. The Hall–Kier alpha value is -1.29. The average molecular weight is 649 g/mol. The Morgan fingerprint density at radius 1 is 0.783 bits per heavy atom. The van der Waals surface area contributed by atoms with Crippen LogP contribution in [0.5, 0.6) is 0 Å². The van der Waals surface area contributed by atoms with E-state index in [1.54, 1.807) is 0 Å². The topological polar surface area (TPSA) is 81.7 Å². The summed E-state index contributed by atoms with van der Waals surface area (Å²) < 4.78 is 43.3. The van der Waals surface area contributed by atoms with Crippen molar-refractivity contribution in [2.75, 3.05) is 26.4 Å². The molecule has 8 heteroatoms. The number of carbonyl (C=O) groups excluding carboxylic acids is 1. The number of hydrogen-bond acceptors (Lipinski definition) is 8. The molecular weight excluding hydrogens is 584 g/mol. The minimum Gasteiger partial charge on any atom is -0.466 e. The summed E-state index contributed by atoms with van der Waals surface area (Å²) >= 11 is 0. The molecule has 4 fully saturated rings. The molecule has 0 bridgehead atoms. The van der Waals surface area contributed by atoms with E-state index in [0.717, 1.165) is 123 Å². The minimum absolute atomic E-state index is 0.0230. The van der Waals surface area contributed by atoms with E-state index in [9.17, 15) is 4.79 Å². The third-order valence-corrected chi connectivity index (χ3v) is 9.79. The summed E-state index contributed by atoms with van der Waals surface area (Å²) in [6.07, 6.45) is 29.2. The predicted molar refractivity (Wildman–Crippen MR) is 179 cm³/mol. The second-order valence-corrected chi connectivity index (χ2v) is 13.7. The molecule has 0 N–H and O–H groups in total. The summed E-state index contributed by atoms with van der Waals surface area (Å²) in [5, 5.41) is 0. The van der Waals surface area contributed by atoms with Gasteiger partial charge in [-0.25, -0.2) is 0 Å². The van der Waals surface area contributed by atoms with Gasteiger partial charge in [0, 0.05) is 39.1 Å². The van der Waals surface area contributed by atoms with Gasteiger partial charge >= 0.3 is 5.97 Å². The highest BCUT2D eigenvalue weighted by atomic mass is 16.7. The molecule has 4 aliphatic rings. The minimum atomic E-state index is -0.200. The molecule has 3 unspecified atom stereocenters. The fourth-order valence-corrected chi connectivity index (χ4v) is 7.19. The molecule has 0 radical (unpaired) electrons. The van der Waals surface area contributed by atoms with Crippen LogP contribution < -0.4 is 0 Å². The lowest BCUT2D eigenvalue weighted by molar-refractivity contribution is -0.203. The van der Waals surface area contributed by atoms with Gasteiger partial charge in [-0.05, 0) is 102 Å². The molecule has 1 saturated carbocycles. The number of hydrogen-bond donors (Lipinski definition) is 0. The van der Waals surface area contributed by atoms with Gasteiger partial charge in [-0.2, -0.15) is 0 Å². The van der Waals surface area contributed by atoms with Crippen molar-refractivity contribution >= 4 is 5.97 Å². The molecule has 0 aromatic carbocycles. The number of carbonyl (C=O) groups is 1. The second kappa shape index (κ2) is 22.4. The highest BCUT2D eigenvalue weighted by Gasteiger charge is 2.45. The van der Waals surface area contributed by atoms with Gasteiger partial charge in [-0.15, -0.1) is 0 Å². The molecule has 264 valence electrons. The van der Waals surface area contributed by atoms with E-state index in [0.29, 0.717) is 6.61 Å². The summed E-state index contributed by atoms with van der Waals surface area (Å²) in [5.74, 6) is 0.267. The third kappa shape index (κ3) is 14.1. The SMILES string of the molecule is CCCCC[C@@H](C=C[C@@H]1[C@@H](CC=CCCCCCOC(C)=O)[C@@H](OC2CCCCO2)C[C@H]1OC1CCCCO1)OC1CCCCO1. The molecule has 1 aliphatic carbocycles. The summed E-state index contributed by atoms with van der Waals surface area (Å²) in [6, 6.07) is 0. The van der Waals surface area contributed by atoms with Crippen molar-refractivity contribution in [3.63, 3.8) is 0 Å². The predicted octanol–water partition coefficient (Wildman–Crippen LogP) is 8.56. The molecule has 8 nitrogen and oxygen atoms in total. The quantitative estimate of drug-likeness (QED) is 0.0738. The molecule has 3 aliphatic heterocycles. The van der Waals surface area contributed by atoms with E-state index in [4.69, 9.17) is 33.2 Å². The van der Waals surface area contributed by atoms with Crippen LogP contribution in [0.15, 0.2) is 24.3 Å². The fraction of sp³-hybridized carbons (Fsp3) is 0.868. The monoisotopic (exact) mass is 648 g/mol. The van der Waals surface area contributed by atoms with E-state index < -0.39 is 0 Å². The van der Waals surface area contributed by atoms with Crippen LogP contribution in [0.2, 0.25) is 0 Å². The maximum atomic E-state index is 11.0. The zero-order valence-corrected chi connectivity index (χ0v) is 29.0. The van der Waals surface area contributed by atoms with E-state index in [2.05, 4.69) is 31.2 Å². The number of ether oxygens (including phenoxy) is 7. The third-order valence-electron chi connectivity index (χ3n) is 9.79. The molecule has 0 spiro atoms. The van der Waals surface area contributed by atoms with Gasteiger partial charge in [0.25, 0.3) is 0 Å². The van der Waals surface area contributed by atoms with Crippen molar-refractivity contribution in [3.8, 4) is 0 Å². The molecule has 3 heterocycles. The van der Waals surface area contributed by atoms with Crippen LogP contribution in [0.1, 0.15) is 136 Å². The van der Waals surface area contributed by atoms with Crippen molar-refractivity contribution in [2.24, 2.45) is 11.8 Å². The van der Waals surface area contributed by atoms with Gasteiger partial charge in [-0.1, -0.05) is 50.5 Å². The van der Waals surface area contributed by atoms with Crippen molar-refractivity contribution in [1.82, 2.24) is 0 Å². The largest absolute Gasteiger partial charge is 0.466 e. The van der Waals surface area contributed by atoms with Crippen LogP contribution in [0.25, 0.3) is 0 Å². The Balaban J connectivity index is 1.46. The van der Waals surface area contributed by atoms with Crippen molar-refractivity contribution in [3.05, 3.63) is 24.3 Å². The van der Waals surface area contributed by atoms with Crippen molar-refractivity contribution in [1.29, 1.82) is 0 Å². The Bertz CT molecular complexity index is 859. The van der Waals surface area contributed by atoms with Crippen LogP contribution in [-0.4, -0.2) is 69.6 Å². The lowest BCUT2D eigenvalue weighted by Crippen LogP contribution is -2.31. The maximum Gasteiger partial charge on any atom is 0.302 e. The van der Waals surface area contributed by atoms with Crippen molar-refractivity contribution in [2.45, 2.75) is 173 Å². The zero-order valence-electron chi connectivity index (χ0n) is 29.0. The summed E-state index contributed by atoms with van der Waals surface area (Å²) in [6.45, 7) is 6.57. The normalized spacial score (nSPS) is 31.5. The number of esters is 1. The Labute approximate surface area is 279 Å². The van der Waals surface area contributed by atoms with Crippen LogP contribution >= 0.6 is 0 Å². The van der Waals surface area contributed by atoms with Gasteiger partial charge in [0.2, 0.25) is 0 Å². The zero-order chi connectivity index (χ0) is 32.2. The number of allylic oxidation sites excluding steroid dienone is 2. The Morgan fingerprint density at radius 2 is 1.46 bits per heavy atom. The van der Waals surface area contributed by atoms with Crippen LogP contribution in [-0.2, 0) is 38.0 Å². The molecular formula is C38H64O8. The molecule has 4 rings (SSSR count). The summed E-state index contributed by atoms with van der Waals surface area (Å²) in [7, 11) is 0. The Kier molecular flexibility index (Phi) is 18.2. The molecule has 0 amide bonds. The standard InChI is InChI=1S/C38H64O8/c1-3-4-9-18-31(44-36-20-11-15-26-41-36)23-24-33-32(19-10-7-5-6-8-14-25-40-30(2)39)34(45-37-21-12-16-27-42-37)29-35(33)46-38-22-13-17-28-43-38/h7,10,23-24,31-38H,3-6,8-9,11-22,25-29H2,1-2H3/t31-,32+,33+,34-,35+,36?,37?,38?/m0/s1. The van der Waals surface area contributed by atoms with Gasteiger partial charge in [0.05, 0.1) is 24.9 Å². The molecule has 0 aromatic heterocycles. The van der Waals surface area contributed by atoms with Gasteiger partial charge < -0.3 is 33.2 Å². The molecule has 8 atom stereocenters. The smallest absolute Gasteiger partial charge is 0.302 e. The van der Waals surface area contributed by atoms with E-state index in [-0.39, 0.29) is 55.0 Å². The lowest BCUT2D eigenvalue weighted by Gasteiger charge is -2.30. The number of rotatable bonds is 20. The first kappa shape index (κ1) is 37.5. The van der Waals surface area contributed by atoms with Crippen LogP contribution in [0, 0.1) is 11.8 Å². The first-order valence-corrected chi connectivity index (χ1v) is 18.9. The fourth-order valence-electron chi connectivity index (χ4n) is 7.19. The molecule has 3 saturated heterocycles. The number of unbranched alkanes of at least 4 members (excludes halogenated alkanes) is 5. The highest BCUT2D eigenvalue weighted by Crippen LogP contribution is 2.42. The molecule has 46 heavy (non-hydrogen) atoms. The van der Waals surface area contributed by atoms with Gasteiger partial charge in [0.1, 0.15) is 0 Å². The van der Waals surface area contributed by atoms with Crippen LogP contribution in [0.3, 0.4) is 0 Å². The van der Waals surface area contributed by atoms with E-state index >= 15 is 0 Å². The summed E-state index contributed by atoms with van der Waals surface area (Å²) in [4.78, 5) is 11.0. The van der Waals surface area contributed by atoms with Crippen LogP contribution in [0.4, 0.5) is 0 Å². The van der Waals surface area contributed by atoms with Crippen molar-refractivity contribution < 1.29 is 38.0 Å². The van der Waals surface area contributed by atoms with Gasteiger partial charge in [0.15, 0.2) is 18.9 Å². The first-order valence-electron chi connectivity index (χ1n) is 18.9. The second-order valence-electron chi connectivity index (χ2n) is 13.7.